The zero-order chi connectivity index (χ0) is 12.1. The van der Waals surface area contributed by atoms with E-state index in [1.54, 1.807) is 0 Å². The summed E-state index contributed by atoms with van der Waals surface area (Å²) in [6.07, 6.45) is 0.995. The minimum atomic E-state index is -0.643. The summed E-state index contributed by atoms with van der Waals surface area (Å²) in [5.41, 5.74) is -0.293. The highest BCUT2D eigenvalue weighted by Crippen LogP contribution is 2.27. The first-order valence-electron chi connectivity index (χ1n) is 3.91. The van der Waals surface area contributed by atoms with E-state index in [2.05, 4.69) is 14.7 Å². The van der Waals surface area contributed by atoms with Gasteiger partial charge in [-0.1, -0.05) is 11.8 Å². The third-order valence-corrected chi connectivity index (χ3v) is 2.59. The third-order valence-electron chi connectivity index (χ3n) is 1.46. The van der Waals surface area contributed by atoms with Crippen LogP contribution in [-0.4, -0.2) is 33.7 Å². The van der Waals surface area contributed by atoms with Crippen LogP contribution in [0.3, 0.4) is 0 Å². The molecule has 0 bridgehead atoms. The molecule has 0 N–H and O–H groups in total. The fraction of sp³-hybridized carbons (Fsp3) is 0.286. The van der Waals surface area contributed by atoms with Crippen LogP contribution in [0.5, 0.6) is 0 Å². The van der Waals surface area contributed by atoms with Crippen LogP contribution >= 0.6 is 23.4 Å². The van der Waals surface area contributed by atoms with Gasteiger partial charge in [0, 0.05) is 0 Å². The molecule has 0 spiro atoms. The van der Waals surface area contributed by atoms with Crippen molar-refractivity contribution >= 4 is 35.0 Å². The molecule has 0 saturated heterocycles. The van der Waals surface area contributed by atoms with Gasteiger partial charge < -0.3 is 4.74 Å². The van der Waals surface area contributed by atoms with Crippen molar-refractivity contribution in [3.8, 4) is 0 Å². The highest BCUT2D eigenvalue weighted by Gasteiger charge is 2.18. The molecule has 0 aliphatic heterocycles. The number of carbonyl (C=O) groups is 1. The van der Waals surface area contributed by atoms with E-state index in [-0.39, 0.29) is 21.7 Å². The second-order valence-electron chi connectivity index (χ2n) is 2.45. The van der Waals surface area contributed by atoms with Crippen LogP contribution in [0.2, 0.25) is 5.28 Å². The zero-order valence-electron chi connectivity index (χ0n) is 8.05. The van der Waals surface area contributed by atoms with E-state index < -0.39 is 10.9 Å². The molecule has 1 aromatic heterocycles. The number of nitrogens with zero attached hydrogens (tertiary/aromatic N) is 3. The van der Waals surface area contributed by atoms with Crippen LogP contribution in [0.1, 0.15) is 0 Å². The molecule has 0 radical (unpaired) electrons. The summed E-state index contributed by atoms with van der Waals surface area (Å²) < 4.78 is 4.40. The van der Waals surface area contributed by atoms with Crippen molar-refractivity contribution in [1.29, 1.82) is 0 Å². The van der Waals surface area contributed by atoms with E-state index >= 15 is 0 Å². The van der Waals surface area contributed by atoms with Gasteiger partial charge in [0.05, 0.1) is 17.8 Å². The summed E-state index contributed by atoms with van der Waals surface area (Å²) >= 11 is 6.37. The summed E-state index contributed by atoms with van der Waals surface area (Å²) in [5, 5.41) is 10.5. The number of aromatic nitrogens is 2. The Hall–Kier alpha value is -1.41. The molecule has 0 atom stereocenters. The quantitative estimate of drug-likeness (QED) is 0.202. The predicted molar refractivity (Wildman–Crippen MR) is 56.4 cm³/mol. The lowest BCUT2D eigenvalue weighted by Gasteiger charge is -2.00. The number of hydrogen-bond acceptors (Lipinski definition) is 7. The summed E-state index contributed by atoms with van der Waals surface area (Å²) in [6, 6.07) is 0. The van der Waals surface area contributed by atoms with Gasteiger partial charge in [-0.05, 0) is 11.6 Å². The molecule has 0 saturated carbocycles. The van der Waals surface area contributed by atoms with E-state index in [1.807, 2.05) is 0 Å². The molecule has 0 fully saturated rings. The number of nitro groups is 1. The Kier molecular flexibility index (Phi) is 4.44. The van der Waals surface area contributed by atoms with Crippen LogP contribution in [0.4, 0.5) is 5.69 Å². The predicted octanol–water partition coefficient (Wildman–Crippen LogP) is 1.30. The number of methoxy groups -OCH3 is 1. The van der Waals surface area contributed by atoms with Crippen LogP contribution < -0.4 is 0 Å². The first kappa shape index (κ1) is 12.7. The van der Waals surface area contributed by atoms with Crippen LogP contribution in [0.15, 0.2) is 11.2 Å². The number of hydrogen-bond donors (Lipinski definition) is 0. The zero-order valence-corrected chi connectivity index (χ0v) is 9.62. The SMILES string of the molecule is COC(=O)CSc1nc(Cl)ncc1[N+](=O)[O-]. The Morgan fingerprint density at radius 2 is 2.44 bits per heavy atom. The highest BCUT2D eigenvalue weighted by molar-refractivity contribution is 8.00. The summed E-state index contributed by atoms with van der Waals surface area (Å²) in [7, 11) is 1.23. The maximum Gasteiger partial charge on any atom is 0.319 e. The number of halogens is 1. The number of rotatable bonds is 4. The van der Waals surface area contributed by atoms with Gasteiger partial charge in [-0.2, -0.15) is 0 Å². The lowest BCUT2D eigenvalue weighted by Crippen LogP contribution is -2.04. The molecular formula is C7H6ClN3O4S. The van der Waals surface area contributed by atoms with Crippen molar-refractivity contribution in [2.75, 3.05) is 12.9 Å². The molecule has 1 aromatic rings. The largest absolute Gasteiger partial charge is 0.468 e. The van der Waals surface area contributed by atoms with E-state index in [0.717, 1.165) is 18.0 Å². The average Bonchev–Trinajstić information content (AvgIpc) is 2.25. The average molecular weight is 264 g/mol. The third kappa shape index (κ3) is 3.31. The molecule has 1 rings (SSSR count). The Labute approximate surface area is 99.3 Å². The van der Waals surface area contributed by atoms with Gasteiger partial charge in [0.25, 0.3) is 0 Å². The first-order valence-corrected chi connectivity index (χ1v) is 5.27. The molecule has 16 heavy (non-hydrogen) atoms. The smallest absolute Gasteiger partial charge is 0.319 e. The van der Waals surface area contributed by atoms with Crippen LogP contribution in [0.25, 0.3) is 0 Å². The topological polar surface area (TPSA) is 95.2 Å². The summed E-state index contributed by atoms with van der Waals surface area (Å²) in [6.45, 7) is 0. The van der Waals surface area contributed by atoms with Crippen molar-refractivity contribution in [1.82, 2.24) is 9.97 Å². The van der Waals surface area contributed by atoms with Crippen molar-refractivity contribution in [2.24, 2.45) is 0 Å². The van der Waals surface area contributed by atoms with Gasteiger partial charge in [-0.15, -0.1) is 0 Å². The molecule has 9 heteroatoms. The summed E-state index contributed by atoms with van der Waals surface area (Å²) in [4.78, 5) is 28.0. The number of carbonyl (C=O) groups excluding carboxylic acids is 1. The lowest BCUT2D eigenvalue weighted by atomic mass is 10.6. The Morgan fingerprint density at radius 1 is 1.75 bits per heavy atom. The maximum absolute atomic E-state index is 10.9. The minimum absolute atomic E-state index is 0.0374. The van der Waals surface area contributed by atoms with Gasteiger partial charge in [-0.3, -0.25) is 14.9 Å². The van der Waals surface area contributed by atoms with Gasteiger partial charge in [0.15, 0.2) is 5.03 Å². The van der Waals surface area contributed by atoms with E-state index in [9.17, 15) is 14.9 Å². The highest BCUT2D eigenvalue weighted by atomic mass is 35.5. The monoisotopic (exact) mass is 263 g/mol. The molecule has 0 amide bonds. The molecule has 0 aromatic carbocycles. The van der Waals surface area contributed by atoms with E-state index in [0.29, 0.717) is 0 Å². The van der Waals surface area contributed by atoms with Gasteiger partial charge in [0.1, 0.15) is 6.20 Å². The van der Waals surface area contributed by atoms with Gasteiger partial charge in [-0.25, -0.2) is 9.97 Å². The van der Waals surface area contributed by atoms with Crippen molar-refractivity contribution in [2.45, 2.75) is 5.03 Å². The lowest BCUT2D eigenvalue weighted by molar-refractivity contribution is -0.388. The van der Waals surface area contributed by atoms with Crippen LogP contribution in [-0.2, 0) is 9.53 Å². The van der Waals surface area contributed by atoms with E-state index in [1.165, 1.54) is 7.11 Å². The second-order valence-corrected chi connectivity index (χ2v) is 3.75. The molecule has 86 valence electrons. The molecular weight excluding hydrogens is 258 g/mol. The Bertz CT molecular complexity index is 428. The van der Waals surface area contributed by atoms with Gasteiger partial charge >= 0.3 is 11.7 Å². The van der Waals surface area contributed by atoms with E-state index in [4.69, 9.17) is 11.6 Å². The standard InChI is InChI=1S/C7H6ClN3O4S/c1-15-5(12)3-16-6-4(11(13)14)2-9-7(8)10-6/h2H,3H2,1H3. The summed E-state index contributed by atoms with van der Waals surface area (Å²) in [5.74, 6) is -0.584. The number of ether oxygens (including phenoxy) is 1. The number of thioether (sulfide) groups is 1. The molecule has 0 aliphatic rings. The molecule has 1 heterocycles. The van der Waals surface area contributed by atoms with Crippen molar-refractivity contribution < 1.29 is 14.5 Å². The minimum Gasteiger partial charge on any atom is -0.468 e. The van der Waals surface area contributed by atoms with Crippen molar-refractivity contribution in [3.63, 3.8) is 0 Å². The van der Waals surface area contributed by atoms with Crippen molar-refractivity contribution in [3.05, 3.63) is 21.6 Å². The Balaban J connectivity index is 2.88. The first-order chi connectivity index (χ1) is 7.54. The fourth-order valence-electron chi connectivity index (χ4n) is 0.757. The normalized spacial score (nSPS) is 9.88. The molecule has 7 nitrogen and oxygen atoms in total. The molecule has 0 aliphatic carbocycles. The van der Waals surface area contributed by atoms with Gasteiger partial charge in [0.2, 0.25) is 5.28 Å². The number of esters is 1. The fourth-order valence-corrected chi connectivity index (χ4v) is 1.74. The van der Waals surface area contributed by atoms with Crippen LogP contribution in [0, 0.1) is 10.1 Å². The second kappa shape index (κ2) is 5.61. The maximum atomic E-state index is 10.9. The Morgan fingerprint density at radius 3 is 3.00 bits per heavy atom. The molecule has 0 unspecified atom stereocenters.